The molecule has 2 nitrogen and oxygen atoms in total. The second kappa shape index (κ2) is 6.02. The van der Waals surface area contributed by atoms with E-state index in [1.807, 2.05) is 0 Å². The van der Waals surface area contributed by atoms with Crippen molar-refractivity contribution >= 4 is 0 Å². The fourth-order valence-corrected chi connectivity index (χ4v) is 3.27. The van der Waals surface area contributed by atoms with Gasteiger partial charge < -0.3 is 10.2 Å². The van der Waals surface area contributed by atoms with Gasteiger partial charge in [-0.25, -0.2) is 0 Å². The number of rotatable bonds is 4. The Labute approximate surface area is 101 Å². The van der Waals surface area contributed by atoms with Crippen LogP contribution in [-0.4, -0.2) is 37.6 Å². The largest absolute Gasteiger partial charge is 0.316 e. The Bertz CT molecular complexity index is 191. The molecule has 2 fully saturated rings. The molecule has 0 aromatic rings. The normalized spacial score (nSPS) is 30.8. The molecule has 2 heterocycles. The Morgan fingerprint density at radius 3 is 2.56 bits per heavy atom. The zero-order chi connectivity index (χ0) is 11.4. The smallest absolute Gasteiger partial charge is 0.00223 e. The lowest BCUT2D eigenvalue weighted by molar-refractivity contribution is 0.136. The van der Waals surface area contributed by atoms with Gasteiger partial charge in [-0.2, -0.15) is 0 Å². The standard InChI is InChI=1S/C14H28N2/c1-3-12(2)14-5-8-16(9-6-14)11-13-4-7-15-10-13/h12-15H,3-11H2,1-2H3/t12?,13-/m1/s1. The summed E-state index contributed by atoms with van der Waals surface area (Å²) in [5, 5.41) is 3.47. The number of piperidine rings is 1. The van der Waals surface area contributed by atoms with Gasteiger partial charge in [0.05, 0.1) is 0 Å². The van der Waals surface area contributed by atoms with Gasteiger partial charge in [-0.15, -0.1) is 0 Å². The molecule has 0 bridgehead atoms. The summed E-state index contributed by atoms with van der Waals surface area (Å²) in [6.07, 6.45) is 5.63. The molecule has 0 aromatic heterocycles. The van der Waals surface area contributed by atoms with Crippen LogP contribution in [0, 0.1) is 17.8 Å². The summed E-state index contributed by atoms with van der Waals surface area (Å²) >= 11 is 0. The van der Waals surface area contributed by atoms with Gasteiger partial charge in [0, 0.05) is 6.54 Å². The van der Waals surface area contributed by atoms with Crippen molar-refractivity contribution in [2.75, 3.05) is 32.7 Å². The van der Waals surface area contributed by atoms with Crippen LogP contribution in [0.1, 0.15) is 39.5 Å². The van der Waals surface area contributed by atoms with Gasteiger partial charge in [-0.1, -0.05) is 20.3 Å². The zero-order valence-corrected chi connectivity index (χ0v) is 11.0. The minimum Gasteiger partial charge on any atom is -0.316 e. The molecule has 0 spiro atoms. The van der Waals surface area contributed by atoms with Crippen LogP contribution in [0.25, 0.3) is 0 Å². The van der Waals surface area contributed by atoms with E-state index in [-0.39, 0.29) is 0 Å². The monoisotopic (exact) mass is 224 g/mol. The quantitative estimate of drug-likeness (QED) is 0.788. The highest BCUT2D eigenvalue weighted by Crippen LogP contribution is 2.27. The molecule has 0 aromatic carbocycles. The third-order valence-electron chi connectivity index (χ3n) is 4.76. The lowest BCUT2D eigenvalue weighted by Crippen LogP contribution is -2.38. The van der Waals surface area contributed by atoms with Crippen molar-refractivity contribution in [1.82, 2.24) is 10.2 Å². The van der Waals surface area contributed by atoms with Gasteiger partial charge >= 0.3 is 0 Å². The highest BCUT2D eigenvalue weighted by atomic mass is 15.1. The van der Waals surface area contributed by atoms with Crippen molar-refractivity contribution in [3.63, 3.8) is 0 Å². The van der Waals surface area contributed by atoms with E-state index in [9.17, 15) is 0 Å². The maximum atomic E-state index is 3.47. The molecule has 2 atom stereocenters. The molecule has 2 heteroatoms. The molecule has 16 heavy (non-hydrogen) atoms. The molecule has 0 saturated carbocycles. The van der Waals surface area contributed by atoms with Gasteiger partial charge in [0.1, 0.15) is 0 Å². The molecule has 2 saturated heterocycles. The molecule has 94 valence electrons. The summed E-state index contributed by atoms with van der Waals surface area (Å²) in [7, 11) is 0. The second-order valence-electron chi connectivity index (χ2n) is 5.88. The Kier molecular flexibility index (Phi) is 4.66. The van der Waals surface area contributed by atoms with Crippen molar-refractivity contribution in [3.8, 4) is 0 Å². The highest BCUT2D eigenvalue weighted by molar-refractivity contribution is 4.79. The third kappa shape index (κ3) is 3.21. The fourth-order valence-electron chi connectivity index (χ4n) is 3.27. The molecular formula is C14H28N2. The number of nitrogens with one attached hydrogen (secondary N) is 1. The first-order valence-corrected chi connectivity index (χ1v) is 7.22. The van der Waals surface area contributed by atoms with Crippen LogP contribution in [0.3, 0.4) is 0 Å². The van der Waals surface area contributed by atoms with Gasteiger partial charge in [-0.05, 0) is 63.2 Å². The number of nitrogens with zero attached hydrogens (tertiary/aromatic N) is 1. The van der Waals surface area contributed by atoms with Crippen LogP contribution < -0.4 is 5.32 Å². The molecule has 2 rings (SSSR count). The van der Waals surface area contributed by atoms with Crippen molar-refractivity contribution in [2.45, 2.75) is 39.5 Å². The second-order valence-corrected chi connectivity index (χ2v) is 5.88. The van der Waals surface area contributed by atoms with Crippen LogP contribution in [0.2, 0.25) is 0 Å². The zero-order valence-electron chi connectivity index (χ0n) is 11.0. The lowest BCUT2D eigenvalue weighted by Gasteiger charge is -2.35. The van der Waals surface area contributed by atoms with E-state index in [1.165, 1.54) is 58.4 Å². The number of likely N-dealkylation sites (tertiary alicyclic amines) is 1. The van der Waals surface area contributed by atoms with Crippen molar-refractivity contribution in [2.24, 2.45) is 17.8 Å². The van der Waals surface area contributed by atoms with Crippen LogP contribution in [0.4, 0.5) is 0 Å². The molecule has 2 aliphatic rings. The van der Waals surface area contributed by atoms with Gasteiger partial charge in [0.25, 0.3) is 0 Å². The Hall–Kier alpha value is -0.0800. The van der Waals surface area contributed by atoms with E-state index < -0.39 is 0 Å². The SMILES string of the molecule is CCC(C)C1CCN(C[C@@H]2CCNC2)CC1. The fraction of sp³-hybridized carbons (Fsp3) is 1.00. The summed E-state index contributed by atoms with van der Waals surface area (Å²) in [6.45, 7) is 11.3. The summed E-state index contributed by atoms with van der Waals surface area (Å²) < 4.78 is 0. The molecule has 0 amide bonds. The van der Waals surface area contributed by atoms with E-state index in [0.717, 1.165) is 17.8 Å². The topological polar surface area (TPSA) is 15.3 Å². The number of hydrogen-bond donors (Lipinski definition) is 1. The predicted molar refractivity (Wildman–Crippen MR) is 69.6 cm³/mol. The summed E-state index contributed by atoms with van der Waals surface area (Å²) in [5.41, 5.74) is 0. The number of hydrogen-bond acceptors (Lipinski definition) is 2. The maximum Gasteiger partial charge on any atom is 0.00223 e. The van der Waals surface area contributed by atoms with Gasteiger partial charge in [0.2, 0.25) is 0 Å². The lowest BCUT2D eigenvalue weighted by atomic mass is 9.84. The molecule has 2 aliphatic heterocycles. The molecule has 0 aliphatic carbocycles. The minimum absolute atomic E-state index is 0.931. The van der Waals surface area contributed by atoms with E-state index in [4.69, 9.17) is 0 Å². The van der Waals surface area contributed by atoms with E-state index in [1.54, 1.807) is 0 Å². The van der Waals surface area contributed by atoms with Gasteiger partial charge in [0.15, 0.2) is 0 Å². The average molecular weight is 224 g/mol. The van der Waals surface area contributed by atoms with Gasteiger partial charge in [-0.3, -0.25) is 0 Å². The minimum atomic E-state index is 0.931. The Morgan fingerprint density at radius 2 is 2.00 bits per heavy atom. The average Bonchev–Trinajstić information content (AvgIpc) is 2.82. The summed E-state index contributed by atoms with van der Waals surface area (Å²) in [4.78, 5) is 2.70. The molecule has 1 unspecified atom stereocenters. The Morgan fingerprint density at radius 1 is 1.25 bits per heavy atom. The first kappa shape index (κ1) is 12.4. The summed E-state index contributed by atoms with van der Waals surface area (Å²) in [6, 6.07) is 0. The van der Waals surface area contributed by atoms with E-state index >= 15 is 0 Å². The predicted octanol–water partition coefficient (Wildman–Crippen LogP) is 2.35. The van der Waals surface area contributed by atoms with E-state index in [2.05, 4.69) is 24.1 Å². The molecular weight excluding hydrogens is 196 g/mol. The van der Waals surface area contributed by atoms with Crippen LogP contribution in [-0.2, 0) is 0 Å². The third-order valence-corrected chi connectivity index (χ3v) is 4.76. The van der Waals surface area contributed by atoms with Crippen LogP contribution in [0.5, 0.6) is 0 Å². The highest BCUT2D eigenvalue weighted by Gasteiger charge is 2.25. The molecule has 0 radical (unpaired) electrons. The maximum absolute atomic E-state index is 3.47. The molecule has 1 N–H and O–H groups in total. The Balaban J connectivity index is 1.68. The van der Waals surface area contributed by atoms with Crippen LogP contribution in [0.15, 0.2) is 0 Å². The van der Waals surface area contributed by atoms with E-state index in [0.29, 0.717) is 0 Å². The first-order valence-electron chi connectivity index (χ1n) is 7.22. The van der Waals surface area contributed by atoms with Crippen LogP contribution >= 0.6 is 0 Å². The first-order chi connectivity index (χ1) is 7.79. The van der Waals surface area contributed by atoms with Crippen molar-refractivity contribution in [3.05, 3.63) is 0 Å². The van der Waals surface area contributed by atoms with Crippen molar-refractivity contribution in [1.29, 1.82) is 0 Å². The summed E-state index contributed by atoms with van der Waals surface area (Å²) in [5.74, 6) is 2.87. The van der Waals surface area contributed by atoms with Crippen molar-refractivity contribution < 1.29 is 0 Å².